The van der Waals surface area contributed by atoms with Crippen molar-refractivity contribution in [2.45, 2.75) is 18.7 Å². The van der Waals surface area contributed by atoms with E-state index in [1.165, 1.54) is 18.2 Å². The summed E-state index contributed by atoms with van der Waals surface area (Å²) in [7, 11) is 0.243. The van der Waals surface area contributed by atoms with Gasteiger partial charge in [0.05, 0.1) is 11.5 Å². The third kappa shape index (κ3) is 3.44. The molecular weight excluding hydrogens is 355 g/mol. The van der Waals surface area contributed by atoms with E-state index in [9.17, 15) is 13.6 Å². The molecule has 0 aliphatic carbocycles. The number of amides is 1. The topological polar surface area (TPSA) is 35.6 Å². The van der Waals surface area contributed by atoms with Gasteiger partial charge in [0.15, 0.2) is 0 Å². The molecule has 4 rings (SSSR count). The van der Waals surface area contributed by atoms with E-state index in [-0.39, 0.29) is 20.3 Å². The van der Waals surface area contributed by atoms with Crippen LogP contribution < -0.4 is 5.32 Å². The van der Waals surface area contributed by atoms with E-state index in [0.717, 1.165) is 31.4 Å². The molecule has 1 aromatic carbocycles. The standard InChI is InChI=1S/C19H20F2N3OP/c1-12-10-23(5-4-22-12)16-2-3-19-24(11-16)18(25)9-17(26-19)13-6-14(20)8-15(21)7-13/h2-3,6-9,11-12,19,22,26H,4-5,10H2,1H3. The molecular formula is C19H20F2N3OP. The Labute approximate surface area is 153 Å². The Kier molecular flexibility index (Phi) is 4.63. The Balaban J connectivity index is 1.58. The summed E-state index contributed by atoms with van der Waals surface area (Å²) in [5.74, 6) is -1.51. The summed E-state index contributed by atoms with van der Waals surface area (Å²) in [6.07, 6.45) is 7.46. The zero-order valence-electron chi connectivity index (χ0n) is 14.4. The predicted octanol–water partition coefficient (Wildman–Crippen LogP) is 2.86. The van der Waals surface area contributed by atoms with Gasteiger partial charge in [0, 0.05) is 44.0 Å². The molecule has 136 valence electrons. The summed E-state index contributed by atoms with van der Waals surface area (Å²) in [6, 6.07) is 3.81. The van der Waals surface area contributed by atoms with E-state index >= 15 is 0 Å². The maximum atomic E-state index is 13.5. The number of carbonyl (C=O) groups is 1. The molecule has 1 aromatic rings. The van der Waals surface area contributed by atoms with Crippen molar-refractivity contribution in [2.24, 2.45) is 0 Å². The maximum Gasteiger partial charge on any atom is 0.252 e. The number of hydrogen-bond acceptors (Lipinski definition) is 3. The first kappa shape index (κ1) is 17.4. The molecule has 3 aliphatic heterocycles. The molecule has 0 aromatic heterocycles. The van der Waals surface area contributed by atoms with E-state index in [4.69, 9.17) is 0 Å². The number of carbonyl (C=O) groups excluding carboxylic acids is 1. The van der Waals surface area contributed by atoms with Crippen LogP contribution in [0.2, 0.25) is 0 Å². The number of nitrogens with zero attached hydrogens (tertiary/aromatic N) is 2. The molecule has 3 aliphatic rings. The second-order valence-corrected chi connectivity index (χ2v) is 8.18. The van der Waals surface area contributed by atoms with Crippen LogP contribution in [0.5, 0.6) is 0 Å². The molecule has 3 heterocycles. The van der Waals surface area contributed by atoms with Gasteiger partial charge in [0.1, 0.15) is 11.6 Å². The highest BCUT2D eigenvalue weighted by Crippen LogP contribution is 2.44. The van der Waals surface area contributed by atoms with Gasteiger partial charge in [-0.15, -0.1) is 0 Å². The summed E-state index contributed by atoms with van der Waals surface area (Å²) in [5, 5.41) is 4.09. The Bertz CT molecular complexity index is 816. The van der Waals surface area contributed by atoms with Crippen molar-refractivity contribution >= 4 is 19.8 Å². The summed E-state index contributed by atoms with van der Waals surface area (Å²) in [5.41, 5.74) is 1.47. The van der Waals surface area contributed by atoms with E-state index in [1.807, 2.05) is 12.3 Å². The first-order chi connectivity index (χ1) is 12.5. The molecule has 1 fully saturated rings. The van der Waals surface area contributed by atoms with Gasteiger partial charge in [0.25, 0.3) is 5.91 Å². The lowest BCUT2D eigenvalue weighted by molar-refractivity contribution is -0.123. The highest BCUT2D eigenvalue weighted by atomic mass is 31.1. The molecule has 3 atom stereocenters. The second kappa shape index (κ2) is 6.93. The molecule has 4 nitrogen and oxygen atoms in total. The third-order valence-electron chi connectivity index (χ3n) is 4.75. The second-order valence-electron chi connectivity index (χ2n) is 6.77. The molecule has 26 heavy (non-hydrogen) atoms. The zero-order chi connectivity index (χ0) is 18.3. The summed E-state index contributed by atoms with van der Waals surface area (Å²) >= 11 is 0. The summed E-state index contributed by atoms with van der Waals surface area (Å²) in [6.45, 7) is 4.86. The normalized spacial score (nSPS) is 26.7. The first-order valence-corrected chi connectivity index (χ1v) is 9.73. The lowest BCUT2D eigenvalue weighted by Gasteiger charge is -2.39. The van der Waals surface area contributed by atoms with Crippen LogP contribution in [-0.4, -0.2) is 47.2 Å². The number of hydrogen-bond donors (Lipinski definition) is 1. The van der Waals surface area contributed by atoms with Crippen molar-refractivity contribution in [3.05, 3.63) is 65.5 Å². The van der Waals surface area contributed by atoms with Crippen molar-refractivity contribution < 1.29 is 13.6 Å². The van der Waals surface area contributed by atoms with Crippen LogP contribution in [-0.2, 0) is 4.79 Å². The van der Waals surface area contributed by atoms with Crippen LogP contribution in [0, 0.1) is 11.6 Å². The molecule has 1 N–H and O–H groups in total. The molecule has 1 amide bonds. The molecule has 0 radical (unpaired) electrons. The molecule has 3 unspecified atom stereocenters. The minimum absolute atomic E-state index is 0.0992. The number of allylic oxidation sites excluding steroid dienone is 1. The van der Waals surface area contributed by atoms with Gasteiger partial charge in [-0.2, -0.15) is 0 Å². The van der Waals surface area contributed by atoms with Gasteiger partial charge in [0.2, 0.25) is 0 Å². The van der Waals surface area contributed by atoms with Crippen LogP contribution in [0.4, 0.5) is 8.78 Å². The molecule has 7 heteroatoms. The molecule has 0 saturated carbocycles. The SMILES string of the molecule is CC1CN(C2=CN3C(=O)C=C(c4cc(F)cc(F)c4)PC3C=C2)CCN1. The fourth-order valence-electron chi connectivity index (χ4n) is 3.50. The van der Waals surface area contributed by atoms with Crippen molar-refractivity contribution in [2.75, 3.05) is 19.6 Å². The smallest absolute Gasteiger partial charge is 0.252 e. The third-order valence-corrected chi connectivity index (χ3v) is 6.26. The Hall–Kier alpha value is -2.04. The number of benzene rings is 1. The Morgan fingerprint density at radius 1 is 1.23 bits per heavy atom. The Morgan fingerprint density at radius 3 is 2.73 bits per heavy atom. The lowest BCUT2D eigenvalue weighted by Crippen LogP contribution is -2.49. The number of fused-ring (bicyclic) bond motifs is 1. The summed E-state index contributed by atoms with van der Waals surface area (Å²) in [4.78, 5) is 16.6. The highest BCUT2D eigenvalue weighted by Gasteiger charge is 2.30. The van der Waals surface area contributed by atoms with Crippen molar-refractivity contribution in [1.29, 1.82) is 0 Å². The quantitative estimate of drug-likeness (QED) is 0.808. The lowest BCUT2D eigenvalue weighted by atomic mass is 10.1. The van der Waals surface area contributed by atoms with Crippen molar-refractivity contribution in [3.8, 4) is 0 Å². The fraction of sp³-hybridized carbons (Fsp3) is 0.316. The van der Waals surface area contributed by atoms with Gasteiger partial charge in [-0.25, -0.2) is 8.78 Å². The first-order valence-electron chi connectivity index (χ1n) is 8.65. The predicted molar refractivity (Wildman–Crippen MR) is 99.5 cm³/mol. The minimum atomic E-state index is -0.630. The van der Waals surface area contributed by atoms with E-state index < -0.39 is 11.6 Å². The van der Waals surface area contributed by atoms with Crippen LogP contribution >= 0.6 is 8.58 Å². The average Bonchev–Trinajstić information content (AvgIpc) is 2.60. The van der Waals surface area contributed by atoms with Crippen LogP contribution in [0.25, 0.3) is 5.31 Å². The van der Waals surface area contributed by atoms with Crippen LogP contribution in [0.1, 0.15) is 12.5 Å². The number of piperazine rings is 1. The van der Waals surface area contributed by atoms with E-state index in [1.54, 1.807) is 4.90 Å². The van der Waals surface area contributed by atoms with Gasteiger partial charge in [-0.1, -0.05) is 14.7 Å². The van der Waals surface area contributed by atoms with Crippen molar-refractivity contribution in [3.63, 3.8) is 0 Å². The number of nitrogens with one attached hydrogen (secondary N) is 1. The Morgan fingerprint density at radius 2 is 2.00 bits per heavy atom. The molecule has 0 spiro atoms. The monoisotopic (exact) mass is 375 g/mol. The largest absolute Gasteiger partial charge is 0.368 e. The molecule has 1 saturated heterocycles. The van der Waals surface area contributed by atoms with Crippen molar-refractivity contribution in [1.82, 2.24) is 15.1 Å². The van der Waals surface area contributed by atoms with E-state index in [2.05, 4.69) is 23.2 Å². The van der Waals surface area contributed by atoms with Gasteiger partial charge < -0.3 is 15.1 Å². The number of rotatable bonds is 2. The summed E-state index contributed by atoms with van der Waals surface area (Å²) < 4.78 is 27.0. The van der Waals surface area contributed by atoms with Gasteiger partial charge in [-0.05, 0) is 36.0 Å². The average molecular weight is 375 g/mol. The minimum Gasteiger partial charge on any atom is -0.368 e. The maximum absolute atomic E-state index is 13.5. The van der Waals surface area contributed by atoms with Crippen LogP contribution in [0.15, 0.2) is 48.3 Å². The van der Waals surface area contributed by atoms with Gasteiger partial charge in [-0.3, -0.25) is 4.79 Å². The van der Waals surface area contributed by atoms with Gasteiger partial charge >= 0.3 is 0 Å². The number of halogens is 2. The zero-order valence-corrected chi connectivity index (χ0v) is 15.4. The van der Waals surface area contributed by atoms with E-state index in [0.29, 0.717) is 16.9 Å². The molecule has 0 bridgehead atoms. The fourth-order valence-corrected chi connectivity index (χ4v) is 4.87. The van der Waals surface area contributed by atoms with Crippen LogP contribution in [0.3, 0.4) is 0 Å². The highest BCUT2D eigenvalue weighted by molar-refractivity contribution is 7.51.